The average Bonchev–Trinajstić information content (AvgIpc) is 2.69. The number of pyridine rings is 1. The molecule has 0 N–H and O–H groups in total. The van der Waals surface area contributed by atoms with Crippen LogP contribution in [0, 0.1) is 6.92 Å². The summed E-state index contributed by atoms with van der Waals surface area (Å²) in [7, 11) is 0. The van der Waals surface area contributed by atoms with Crippen molar-refractivity contribution in [1.82, 2.24) is 24.7 Å². The standard InChI is InChI=1S/C11H8ClN5/c1-7-9-10(12)14-6-15-11(9)17(16-7)8-4-2-3-5-13-8/h2-6H,1H3. The molecule has 3 aromatic rings. The first kappa shape index (κ1) is 10.2. The van der Waals surface area contributed by atoms with Crippen molar-refractivity contribution in [2.24, 2.45) is 0 Å². The second-order valence-corrected chi connectivity index (χ2v) is 3.91. The van der Waals surface area contributed by atoms with E-state index in [4.69, 9.17) is 11.6 Å². The molecular formula is C11H8ClN5. The van der Waals surface area contributed by atoms with Crippen LogP contribution in [0.15, 0.2) is 30.7 Å². The maximum Gasteiger partial charge on any atom is 0.169 e. The van der Waals surface area contributed by atoms with Crippen LogP contribution in [0.1, 0.15) is 5.69 Å². The van der Waals surface area contributed by atoms with E-state index in [1.54, 1.807) is 10.9 Å². The van der Waals surface area contributed by atoms with Gasteiger partial charge in [0.15, 0.2) is 11.5 Å². The Balaban J connectivity index is 2.36. The summed E-state index contributed by atoms with van der Waals surface area (Å²) in [5, 5.41) is 5.56. The smallest absolute Gasteiger partial charge is 0.169 e. The zero-order valence-electron chi connectivity index (χ0n) is 9.00. The van der Waals surface area contributed by atoms with Crippen LogP contribution in [0.3, 0.4) is 0 Å². The van der Waals surface area contributed by atoms with Gasteiger partial charge in [-0.3, -0.25) is 0 Å². The van der Waals surface area contributed by atoms with E-state index in [1.165, 1.54) is 6.33 Å². The molecule has 0 amide bonds. The molecule has 0 bridgehead atoms. The largest absolute Gasteiger partial charge is 0.237 e. The first-order valence-electron chi connectivity index (χ1n) is 5.04. The Morgan fingerprint density at radius 2 is 2.06 bits per heavy atom. The van der Waals surface area contributed by atoms with Crippen molar-refractivity contribution in [2.45, 2.75) is 6.92 Å². The number of aryl methyl sites for hydroxylation is 1. The molecule has 84 valence electrons. The van der Waals surface area contributed by atoms with Crippen LogP contribution in [0.4, 0.5) is 0 Å². The topological polar surface area (TPSA) is 56.5 Å². The first-order valence-corrected chi connectivity index (χ1v) is 5.42. The highest BCUT2D eigenvalue weighted by molar-refractivity contribution is 6.34. The summed E-state index contributed by atoms with van der Waals surface area (Å²) in [6.45, 7) is 1.87. The van der Waals surface area contributed by atoms with Crippen LogP contribution in [-0.2, 0) is 0 Å². The van der Waals surface area contributed by atoms with Crippen LogP contribution in [-0.4, -0.2) is 24.7 Å². The van der Waals surface area contributed by atoms with Gasteiger partial charge in [0.05, 0.1) is 11.1 Å². The predicted octanol–water partition coefficient (Wildman–Crippen LogP) is 2.17. The van der Waals surface area contributed by atoms with E-state index in [2.05, 4.69) is 20.1 Å². The van der Waals surface area contributed by atoms with Gasteiger partial charge >= 0.3 is 0 Å². The Kier molecular flexibility index (Phi) is 2.26. The lowest BCUT2D eigenvalue weighted by molar-refractivity contribution is 0.846. The predicted molar refractivity (Wildman–Crippen MR) is 64.2 cm³/mol. The lowest BCUT2D eigenvalue weighted by Crippen LogP contribution is -2.00. The molecule has 6 heteroatoms. The van der Waals surface area contributed by atoms with E-state index >= 15 is 0 Å². The maximum atomic E-state index is 6.04. The molecule has 5 nitrogen and oxygen atoms in total. The molecule has 3 aromatic heterocycles. The minimum atomic E-state index is 0.412. The Bertz CT molecular complexity index is 677. The lowest BCUT2D eigenvalue weighted by atomic mass is 10.3. The summed E-state index contributed by atoms with van der Waals surface area (Å²) in [4.78, 5) is 12.4. The molecule has 0 aliphatic heterocycles. The van der Waals surface area contributed by atoms with Gasteiger partial charge in [-0.1, -0.05) is 17.7 Å². The molecule has 0 fully saturated rings. The van der Waals surface area contributed by atoms with E-state index in [0.29, 0.717) is 16.6 Å². The van der Waals surface area contributed by atoms with E-state index in [9.17, 15) is 0 Å². The second kappa shape index (κ2) is 3.78. The fourth-order valence-electron chi connectivity index (χ4n) is 1.71. The van der Waals surface area contributed by atoms with Gasteiger partial charge in [-0.15, -0.1) is 0 Å². The van der Waals surface area contributed by atoms with Crippen molar-refractivity contribution in [2.75, 3.05) is 0 Å². The van der Waals surface area contributed by atoms with Gasteiger partial charge < -0.3 is 0 Å². The number of hydrogen-bond acceptors (Lipinski definition) is 4. The van der Waals surface area contributed by atoms with Crippen molar-refractivity contribution in [3.8, 4) is 5.82 Å². The number of nitrogens with zero attached hydrogens (tertiary/aromatic N) is 5. The zero-order valence-corrected chi connectivity index (χ0v) is 9.76. The highest BCUT2D eigenvalue weighted by atomic mass is 35.5. The lowest BCUT2D eigenvalue weighted by Gasteiger charge is -2.00. The van der Waals surface area contributed by atoms with Crippen molar-refractivity contribution < 1.29 is 0 Å². The molecule has 0 radical (unpaired) electrons. The highest BCUT2D eigenvalue weighted by Crippen LogP contribution is 2.23. The van der Waals surface area contributed by atoms with Crippen molar-refractivity contribution in [3.63, 3.8) is 0 Å². The molecule has 0 aliphatic rings. The van der Waals surface area contributed by atoms with E-state index in [-0.39, 0.29) is 0 Å². The fourth-order valence-corrected chi connectivity index (χ4v) is 1.98. The van der Waals surface area contributed by atoms with Crippen LogP contribution < -0.4 is 0 Å². The first-order chi connectivity index (χ1) is 8.27. The number of rotatable bonds is 1. The average molecular weight is 246 g/mol. The van der Waals surface area contributed by atoms with E-state index in [1.807, 2.05) is 25.1 Å². The third kappa shape index (κ3) is 1.55. The fraction of sp³-hybridized carbons (Fsp3) is 0.0909. The molecular weight excluding hydrogens is 238 g/mol. The van der Waals surface area contributed by atoms with Gasteiger partial charge in [0.1, 0.15) is 11.5 Å². The monoisotopic (exact) mass is 245 g/mol. The number of halogens is 1. The molecule has 17 heavy (non-hydrogen) atoms. The van der Waals surface area contributed by atoms with Gasteiger partial charge in [-0.25, -0.2) is 15.0 Å². The minimum Gasteiger partial charge on any atom is -0.237 e. The van der Waals surface area contributed by atoms with Gasteiger partial charge in [-0.2, -0.15) is 9.78 Å². The minimum absolute atomic E-state index is 0.412. The van der Waals surface area contributed by atoms with E-state index < -0.39 is 0 Å². The van der Waals surface area contributed by atoms with E-state index in [0.717, 1.165) is 11.1 Å². The van der Waals surface area contributed by atoms with Gasteiger partial charge in [0.2, 0.25) is 0 Å². The molecule has 0 saturated carbocycles. The van der Waals surface area contributed by atoms with Crippen molar-refractivity contribution in [3.05, 3.63) is 41.6 Å². The Morgan fingerprint density at radius 3 is 2.82 bits per heavy atom. The van der Waals surface area contributed by atoms with Gasteiger partial charge in [-0.05, 0) is 19.1 Å². The van der Waals surface area contributed by atoms with Crippen molar-refractivity contribution >= 4 is 22.6 Å². The molecule has 0 unspecified atom stereocenters. The quantitative estimate of drug-likeness (QED) is 0.617. The molecule has 0 spiro atoms. The summed E-state index contributed by atoms with van der Waals surface area (Å²) >= 11 is 6.04. The summed E-state index contributed by atoms with van der Waals surface area (Å²) in [5.41, 5.74) is 1.46. The third-order valence-electron chi connectivity index (χ3n) is 2.46. The summed E-state index contributed by atoms with van der Waals surface area (Å²) < 4.78 is 1.66. The number of fused-ring (bicyclic) bond motifs is 1. The van der Waals surface area contributed by atoms with Crippen LogP contribution in [0.5, 0.6) is 0 Å². The molecule has 3 rings (SSSR count). The van der Waals surface area contributed by atoms with Gasteiger partial charge in [0.25, 0.3) is 0 Å². The maximum absolute atomic E-state index is 6.04. The Morgan fingerprint density at radius 1 is 1.18 bits per heavy atom. The van der Waals surface area contributed by atoms with Crippen LogP contribution >= 0.6 is 11.6 Å². The SMILES string of the molecule is Cc1nn(-c2ccccn2)c2ncnc(Cl)c12. The Hall–Kier alpha value is -2.01. The summed E-state index contributed by atoms with van der Waals surface area (Å²) in [5.74, 6) is 0.709. The molecule has 0 aromatic carbocycles. The third-order valence-corrected chi connectivity index (χ3v) is 2.75. The zero-order chi connectivity index (χ0) is 11.8. The van der Waals surface area contributed by atoms with Crippen molar-refractivity contribution in [1.29, 1.82) is 0 Å². The molecule has 0 atom stereocenters. The summed E-state index contributed by atoms with van der Waals surface area (Å²) in [6, 6.07) is 5.61. The molecule has 0 aliphatic carbocycles. The second-order valence-electron chi connectivity index (χ2n) is 3.55. The molecule has 0 saturated heterocycles. The number of aromatic nitrogens is 5. The van der Waals surface area contributed by atoms with Crippen LogP contribution in [0.25, 0.3) is 16.9 Å². The van der Waals surface area contributed by atoms with Gasteiger partial charge in [0, 0.05) is 6.20 Å². The Labute approximate surface area is 102 Å². The summed E-state index contributed by atoms with van der Waals surface area (Å²) in [6.07, 6.45) is 3.13. The normalized spacial score (nSPS) is 10.9. The number of hydrogen-bond donors (Lipinski definition) is 0. The highest BCUT2D eigenvalue weighted by Gasteiger charge is 2.13. The van der Waals surface area contributed by atoms with Crippen LogP contribution in [0.2, 0.25) is 5.15 Å². The molecule has 3 heterocycles.